The van der Waals surface area contributed by atoms with Crippen LogP contribution in [0.3, 0.4) is 0 Å². The second kappa shape index (κ2) is 4.71. The first-order valence-corrected chi connectivity index (χ1v) is 7.10. The smallest absolute Gasteiger partial charge is 0.242 e. The van der Waals surface area contributed by atoms with Crippen LogP contribution in [0, 0.1) is 7.14 Å². The van der Waals surface area contributed by atoms with E-state index in [-0.39, 0.29) is 3.57 Å². The molecule has 0 saturated heterocycles. The van der Waals surface area contributed by atoms with Gasteiger partial charge in [-0.15, -0.1) is 0 Å². The number of nitrogens with zero attached hydrogens (tertiary/aromatic N) is 1. The third-order valence-corrected chi connectivity index (χ3v) is 5.34. The number of aromatic nitrogens is 1. The lowest BCUT2D eigenvalue weighted by atomic mass is 10.3. The van der Waals surface area contributed by atoms with E-state index in [0.717, 1.165) is 0 Å². The van der Waals surface area contributed by atoms with E-state index in [9.17, 15) is 17.2 Å². The second-order valence-corrected chi connectivity index (χ2v) is 6.20. The lowest BCUT2D eigenvalue weighted by Gasteiger charge is -2.09. The maximum Gasteiger partial charge on any atom is 0.267 e. The van der Waals surface area contributed by atoms with Crippen molar-refractivity contribution in [2.24, 2.45) is 5.14 Å². The van der Waals surface area contributed by atoms with Crippen molar-refractivity contribution in [1.29, 1.82) is 0 Å². The molecule has 0 aliphatic carbocycles. The molecular formula is C6H4F2I2N2O2S. The SMILES string of the molecule is NS(=O)(=O)c1ncc(I)c(I)c1C(F)F. The van der Waals surface area contributed by atoms with Gasteiger partial charge >= 0.3 is 0 Å². The Balaban J connectivity index is 3.62. The van der Waals surface area contributed by atoms with Gasteiger partial charge in [-0.3, -0.25) is 0 Å². The number of halogens is 4. The Morgan fingerprint density at radius 2 is 1.93 bits per heavy atom. The Bertz CT molecular complexity index is 492. The normalized spacial score (nSPS) is 12.1. The Hall–Kier alpha value is 0.380. The van der Waals surface area contributed by atoms with Gasteiger partial charge in [0.1, 0.15) is 0 Å². The summed E-state index contributed by atoms with van der Waals surface area (Å²) in [7, 11) is -4.22. The molecule has 1 heterocycles. The molecular weight excluding hydrogens is 456 g/mol. The van der Waals surface area contributed by atoms with Crippen molar-refractivity contribution in [3.8, 4) is 0 Å². The molecule has 15 heavy (non-hydrogen) atoms. The van der Waals surface area contributed by atoms with Crippen LogP contribution in [0.1, 0.15) is 12.0 Å². The molecule has 0 aliphatic heterocycles. The molecule has 0 spiro atoms. The molecule has 9 heteroatoms. The molecule has 4 nitrogen and oxygen atoms in total. The average molecular weight is 460 g/mol. The molecule has 1 rings (SSSR count). The van der Waals surface area contributed by atoms with Crippen LogP contribution in [-0.2, 0) is 10.0 Å². The van der Waals surface area contributed by atoms with Crippen LogP contribution in [-0.4, -0.2) is 13.4 Å². The third kappa shape index (κ3) is 2.94. The predicted molar refractivity (Wildman–Crippen MR) is 66.0 cm³/mol. The first-order valence-electron chi connectivity index (χ1n) is 3.40. The maximum absolute atomic E-state index is 12.6. The van der Waals surface area contributed by atoms with Crippen LogP contribution >= 0.6 is 45.2 Å². The summed E-state index contributed by atoms with van der Waals surface area (Å²) in [6, 6.07) is 0. The number of hydrogen-bond donors (Lipinski definition) is 1. The van der Waals surface area contributed by atoms with E-state index in [1.54, 1.807) is 45.2 Å². The largest absolute Gasteiger partial charge is 0.267 e. The van der Waals surface area contributed by atoms with E-state index in [2.05, 4.69) is 4.98 Å². The fourth-order valence-electron chi connectivity index (χ4n) is 0.880. The van der Waals surface area contributed by atoms with Crippen molar-refractivity contribution < 1.29 is 17.2 Å². The molecule has 1 aromatic heterocycles. The van der Waals surface area contributed by atoms with Crippen molar-refractivity contribution in [1.82, 2.24) is 4.98 Å². The molecule has 0 bridgehead atoms. The molecule has 0 fully saturated rings. The molecule has 0 aliphatic rings. The van der Waals surface area contributed by atoms with Gasteiger partial charge < -0.3 is 0 Å². The highest BCUT2D eigenvalue weighted by Crippen LogP contribution is 2.31. The highest BCUT2D eigenvalue weighted by atomic mass is 127. The monoisotopic (exact) mass is 460 g/mol. The molecule has 0 amide bonds. The summed E-state index contributed by atoms with van der Waals surface area (Å²) in [5.41, 5.74) is -0.634. The topological polar surface area (TPSA) is 73.1 Å². The van der Waals surface area contributed by atoms with E-state index in [4.69, 9.17) is 5.14 Å². The van der Waals surface area contributed by atoms with Crippen LogP contribution in [0.5, 0.6) is 0 Å². The fourth-order valence-corrected chi connectivity index (χ4v) is 2.82. The zero-order valence-corrected chi connectivity index (χ0v) is 12.0. The minimum atomic E-state index is -4.22. The van der Waals surface area contributed by atoms with Gasteiger partial charge in [-0.25, -0.2) is 27.3 Å². The van der Waals surface area contributed by atoms with Crippen LogP contribution in [0.4, 0.5) is 8.78 Å². The number of primary sulfonamides is 1. The number of pyridine rings is 1. The molecule has 84 valence electrons. The van der Waals surface area contributed by atoms with Crippen molar-refractivity contribution >= 4 is 55.2 Å². The standard InChI is InChI=1S/C6H4F2I2N2O2S/c7-5(8)3-4(10)2(9)1-12-6(3)15(11,13)14/h1,5H,(H2,11,13,14). The maximum atomic E-state index is 12.6. The van der Waals surface area contributed by atoms with Gasteiger partial charge in [0.2, 0.25) is 0 Å². The Morgan fingerprint density at radius 3 is 2.33 bits per heavy atom. The predicted octanol–water partition coefficient (Wildman–Crippen LogP) is 1.88. The number of sulfonamides is 1. The first-order chi connectivity index (χ1) is 6.75. The lowest BCUT2D eigenvalue weighted by molar-refractivity contribution is 0.146. The van der Waals surface area contributed by atoms with Crippen LogP contribution in [0.15, 0.2) is 11.2 Å². The molecule has 0 unspecified atom stereocenters. The van der Waals surface area contributed by atoms with E-state index < -0.39 is 27.0 Å². The number of nitrogens with two attached hydrogens (primary N) is 1. The number of alkyl halides is 2. The van der Waals surface area contributed by atoms with E-state index in [1.165, 1.54) is 6.20 Å². The summed E-state index contributed by atoms with van der Waals surface area (Å²) < 4.78 is 47.9. The molecule has 1 aromatic rings. The molecule has 0 saturated carbocycles. The molecule has 0 radical (unpaired) electrons. The summed E-state index contributed by atoms with van der Waals surface area (Å²) in [5, 5.41) is 4.02. The molecule has 2 N–H and O–H groups in total. The van der Waals surface area contributed by atoms with E-state index in [0.29, 0.717) is 3.57 Å². The van der Waals surface area contributed by atoms with Gasteiger partial charge in [-0.05, 0) is 45.2 Å². The van der Waals surface area contributed by atoms with Gasteiger partial charge in [0, 0.05) is 13.3 Å². The fraction of sp³-hybridized carbons (Fsp3) is 0.167. The minimum absolute atomic E-state index is 0.155. The Labute approximate surface area is 112 Å². The van der Waals surface area contributed by atoms with Crippen molar-refractivity contribution in [3.05, 3.63) is 18.9 Å². The third-order valence-electron chi connectivity index (χ3n) is 1.46. The van der Waals surface area contributed by atoms with Gasteiger partial charge in [0.25, 0.3) is 16.4 Å². The highest BCUT2D eigenvalue weighted by molar-refractivity contribution is 14.1. The summed E-state index contributed by atoms with van der Waals surface area (Å²) in [6.07, 6.45) is -1.74. The highest BCUT2D eigenvalue weighted by Gasteiger charge is 2.26. The summed E-state index contributed by atoms with van der Waals surface area (Å²) in [5.74, 6) is 0. The van der Waals surface area contributed by atoms with Crippen molar-refractivity contribution in [2.45, 2.75) is 11.5 Å². The Kier molecular flexibility index (Phi) is 4.22. The first kappa shape index (κ1) is 13.4. The average Bonchev–Trinajstić information content (AvgIpc) is 2.06. The van der Waals surface area contributed by atoms with Gasteiger partial charge in [0.05, 0.1) is 5.56 Å². The minimum Gasteiger partial charge on any atom is -0.242 e. The van der Waals surface area contributed by atoms with Gasteiger partial charge in [-0.2, -0.15) is 0 Å². The molecule has 0 aromatic carbocycles. The summed E-state index contributed by atoms with van der Waals surface area (Å²) in [4.78, 5) is 3.43. The lowest BCUT2D eigenvalue weighted by Crippen LogP contribution is -2.18. The number of rotatable bonds is 2. The van der Waals surface area contributed by atoms with Crippen molar-refractivity contribution in [2.75, 3.05) is 0 Å². The second-order valence-electron chi connectivity index (χ2n) is 2.48. The van der Waals surface area contributed by atoms with Crippen LogP contribution in [0.25, 0.3) is 0 Å². The van der Waals surface area contributed by atoms with E-state index >= 15 is 0 Å². The zero-order chi connectivity index (χ0) is 11.8. The number of hydrogen-bond acceptors (Lipinski definition) is 3. The van der Waals surface area contributed by atoms with Crippen LogP contribution in [0.2, 0.25) is 0 Å². The quantitative estimate of drug-likeness (QED) is 0.686. The van der Waals surface area contributed by atoms with E-state index in [1.807, 2.05) is 0 Å². The van der Waals surface area contributed by atoms with Crippen molar-refractivity contribution in [3.63, 3.8) is 0 Å². The van der Waals surface area contributed by atoms with Gasteiger partial charge in [0.15, 0.2) is 5.03 Å². The summed E-state index contributed by atoms with van der Waals surface area (Å²) >= 11 is 3.43. The summed E-state index contributed by atoms with van der Waals surface area (Å²) in [6.45, 7) is 0. The van der Waals surface area contributed by atoms with Crippen LogP contribution < -0.4 is 5.14 Å². The molecule has 0 atom stereocenters. The zero-order valence-electron chi connectivity index (χ0n) is 6.92. The Morgan fingerprint density at radius 1 is 1.40 bits per heavy atom. The van der Waals surface area contributed by atoms with Gasteiger partial charge in [-0.1, -0.05) is 0 Å².